The van der Waals surface area contributed by atoms with Gasteiger partial charge in [-0.15, -0.1) is 0 Å². The lowest BCUT2D eigenvalue weighted by Crippen LogP contribution is -2.14. The molecule has 1 N–H and O–H groups in total. The number of benzene rings is 2. The van der Waals surface area contributed by atoms with Crippen molar-refractivity contribution in [3.05, 3.63) is 75.3 Å². The minimum absolute atomic E-state index is 0.0526. The third-order valence-electron chi connectivity index (χ3n) is 4.25. The van der Waals surface area contributed by atoms with Crippen molar-refractivity contribution in [3.8, 4) is 5.75 Å². The highest BCUT2D eigenvalue weighted by molar-refractivity contribution is 9.10. The monoisotopic (exact) mass is 461 g/mol. The van der Waals surface area contributed by atoms with Crippen LogP contribution in [0, 0.1) is 5.82 Å². The number of nitrogens with zero attached hydrogens (tertiary/aromatic N) is 3. The van der Waals surface area contributed by atoms with E-state index < -0.39 is 5.82 Å². The van der Waals surface area contributed by atoms with Crippen LogP contribution in [0.5, 0.6) is 5.75 Å². The van der Waals surface area contributed by atoms with Crippen molar-refractivity contribution >= 4 is 27.4 Å². The molecule has 3 rings (SSSR count). The Hall–Kier alpha value is -3.07. The summed E-state index contributed by atoms with van der Waals surface area (Å²) in [4.78, 5) is 12.5. The van der Waals surface area contributed by atoms with Gasteiger partial charge in [-0.1, -0.05) is 34.6 Å². The van der Waals surface area contributed by atoms with Gasteiger partial charge in [-0.25, -0.2) is 9.02 Å². The Bertz CT molecular complexity index is 1050. The summed E-state index contributed by atoms with van der Waals surface area (Å²) in [6.45, 7) is 0. The Balaban J connectivity index is 1.75. The van der Waals surface area contributed by atoms with E-state index in [9.17, 15) is 14.4 Å². The average Bonchev–Trinajstić information content (AvgIpc) is 3.17. The first-order valence-corrected chi connectivity index (χ1v) is 9.41. The molecule has 0 fully saturated rings. The predicted molar refractivity (Wildman–Crippen MR) is 106 cm³/mol. The number of ketones is 1. The van der Waals surface area contributed by atoms with E-state index in [0.717, 1.165) is 5.56 Å². The van der Waals surface area contributed by atoms with Crippen molar-refractivity contribution in [1.29, 1.82) is 0 Å². The summed E-state index contributed by atoms with van der Waals surface area (Å²) in [5.41, 5.74) is 2.04. The Morgan fingerprint density at radius 1 is 1.21 bits per heavy atom. The molecule has 0 aliphatic heterocycles. The third kappa shape index (κ3) is 5.05. The number of hydrogen-bond acceptors (Lipinski definition) is 7. The number of hydrogen-bond donors (Lipinski definition) is 1. The zero-order valence-corrected chi connectivity index (χ0v) is 17.0. The Morgan fingerprint density at radius 3 is 2.72 bits per heavy atom. The molecule has 1 heterocycles. The highest BCUT2D eigenvalue weighted by atomic mass is 79.9. The number of methoxy groups -OCH3 is 1. The molecular formula is C20H17BrFN3O4. The molecule has 0 spiro atoms. The smallest absolute Gasteiger partial charge is 0.156 e. The van der Waals surface area contributed by atoms with Crippen molar-refractivity contribution in [2.75, 3.05) is 7.11 Å². The van der Waals surface area contributed by atoms with E-state index in [4.69, 9.17) is 9.37 Å². The van der Waals surface area contributed by atoms with E-state index >= 15 is 0 Å². The molecule has 1 aromatic heterocycles. The first-order chi connectivity index (χ1) is 14.0. The largest absolute Gasteiger partial charge is 0.496 e. The van der Waals surface area contributed by atoms with Crippen LogP contribution in [0.1, 0.15) is 22.5 Å². The Morgan fingerprint density at radius 2 is 2.00 bits per heavy atom. The van der Waals surface area contributed by atoms with Gasteiger partial charge >= 0.3 is 0 Å². The van der Waals surface area contributed by atoms with E-state index in [1.807, 2.05) is 18.2 Å². The van der Waals surface area contributed by atoms with E-state index in [2.05, 4.69) is 31.4 Å². The average molecular weight is 462 g/mol. The number of rotatable bonds is 8. The Labute approximate surface area is 174 Å². The van der Waals surface area contributed by atoms with Gasteiger partial charge in [0.2, 0.25) is 0 Å². The molecule has 0 aliphatic carbocycles. The van der Waals surface area contributed by atoms with E-state index in [0.29, 0.717) is 11.3 Å². The summed E-state index contributed by atoms with van der Waals surface area (Å²) in [7, 11) is 1.54. The Kier molecular flexibility index (Phi) is 6.71. The molecule has 2 aromatic carbocycles. The van der Waals surface area contributed by atoms with E-state index in [1.165, 1.54) is 6.07 Å². The number of Topliss-reactive ketones (excluding diaryl/α,β-unsaturated/α-hetero) is 1. The molecular weight excluding hydrogens is 445 g/mol. The van der Waals surface area contributed by atoms with Gasteiger partial charge in [0.05, 0.1) is 18.0 Å². The molecule has 0 aliphatic rings. The third-order valence-corrected chi connectivity index (χ3v) is 4.86. The molecule has 0 radical (unpaired) electrons. The van der Waals surface area contributed by atoms with Gasteiger partial charge in [0, 0.05) is 18.4 Å². The maximum absolute atomic E-state index is 13.4. The summed E-state index contributed by atoms with van der Waals surface area (Å²) >= 11 is 3.12. The molecule has 0 unspecified atom stereocenters. The lowest BCUT2D eigenvalue weighted by atomic mass is 10.0. The standard InChI is InChI=1S/C20H17BrFN3O4/c1-28-19-5-3-2-4-13(19)10-14(26)11-18-20(25-29-24-18)17(23-27)9-12-6-7-16(22)15(21)8-12/h2-8,27H,9-11H2,1H3/b23-17+. The number of para-hydroxylation sites is 1. The maximum Gasteiger partial charge on any atom is 0.156 e. The summed E-state index contributed by atoms with van der Waals surface area (Å²) in [5, 5.41) is 20.3. The number of ether oxygens (including phenoxy) is 1. The SMILES string of the molecule is COc1ccccc1CC(=O)Cc1nonc1/C(Cc1ccc(F)c(Br)c1)=N/O. The maximum atomic E-state index is 13.4. The van der Waals surface area contributed by atoms with Gasteiger partial charge in [0.1, 0.15) is 28.8 Å². The van der Waals surface area contributed by atoms with E-state index in [1.54, 1.807) is 25.3 Å². The summed E-state index contributed by atoms with van der Waals surface area (Å²) < 4.78 is 23.7. The first kappa shape index (κ1) is 20.7. The van der Waals surface area contributed by atoms with Crippen LogP contribution < -0.4 is 4.74 Å². The van der Waals surface area contributed by atoms with Crippen molar-refractivity contribution in [3.63, 3.8) is 0 Å². The second-order valence-corrected chi connectivity index (χ2v) is 7.09. The van der Waals surface area contributed by atoms with Crippen LogP contribution in [0.2, 0.25) is 0 Å². The second kappa shape index (κ2) is 9.42. The molecule has 9 heteroatoms. The molecule has 0 atom stereocenters. The van der Waals surface area contributed by atoms with Crippen LogP contribution in [0.15, 0.2) is 56.7 Å². The molecule has 0 saturated carbocycles. The van der Waals surface area contributed by atoms with Gasteiger partial charge in [0.25, 0.3) is 0 Å². The molecule has 150 valence electrons. The summed E-state index contributed by atoms with van der Waals surface area (Å²) in [6, 6.07) is 11.7. The molecule has 7 nitrogen and oxygen atoms in total. The van der Waals surface area contributed by atoms with Crippen LogP contribution in [0.25, 0.3) is 0 Å². The van der Waals surface area contributed by atoms with Crippen molar-refractivity contribution < 1.29 is 23.8 Å². The van der Waals surface area contributed by atoms with Crippen molar-refractivity contribution in [1.82, 2.24) is 10.3 Å². The normalized spacial score (nSPS) is 11.5. The van der Waals surface area contributed by atoms with Gasteiger partial charge in [0.15, 0.2) is 5.69 Å². The molecule has 0 bridgehead atoms. The molecule has 0 saturated heterocycles. The zero-order chi connectivity index (χ0) is 20.8. The molecule has 29 heavy (non-hydrogen) atoms. The van der Waals surface area contributed by atoms with Gasteiger partial charge in [-0.2, -0.15) is 0 Å². The number of halogens is 2. The molecule has 0 amide bonds. The van der Waals surface area contributed by atoms with Crippen LogP contribution in [0.3, 0.4) is 0 Å². The lowest BCUT2D eigenvalue weighted by molar-refractivity contribution is -0.117. The number of carbonyl (C=O) groups is 1. The van der Waals surface area contributed by atoms with Crippen LogP contribution in [-0.2, 0) is 24.1 Å². The number of oxime groups is 1. The van der Waals surface area contributed by atoms with Gasteiger partial charge in [-0.3, -0.25) is 4.79 Å². The molecule has 3 aromatic rings. The first-order valence-electron chi connectivity index (χ1n) is 8.62. The fourth-order valence-corrected chi connectivity index (χ4v) is 3.29. The van der Waals surface area contributed by atoms with Gasteiger partial charge in [-0.05, 0) is 44.8 Å². The fourth-order valence-electron chi connectivity index (χ4n) is 2.86. The number of carbonyl (C=O) groups excluding carboxylic acids is 1. The van der Waals surface area contributed by atoms with Crippen molar-refractivity contribution in [2.24, 2.45) is 5.16 Å². The highest BCUT2D eigenvalue weighted by Gasteiger charge is 2.21. The zero-order valence-electron chi connectivity index (χ0n) is 15.4. The van der Waals surface area contributed by atoms with Crippen LogP contribution in [0.4, 0.5) is 4.39 Å². The lowest BCUT2D eigenvalue weighted by Gasteiger charge is -2.07. The second-order valence-electron chi connectivity index (χ2n) is 6.24. The van der Waals surface area contributed by atoms with Crippen LogP contribution in [-0.4, -0.2) is 34.1 Å². The van der Waals surface area contributed by atoms with Crippen molar-refractivity contribution in [2.45, 2.75) is 19.3 Å². The minimum Gasteiger partial charge on any atom is -0.496 e. The topological polar surface area (TPSA) is 97.8 Å². The van der Waals surface area contributed by atoms with E-state index in [-0.39, 0.29) is 46.6 Å². The fraction of sp³-hybridized carbons (Fsp3) is 0.200. The summed E-state index contributed by atoms with van der Waals surface area (Å²) in [6.07, 6.45) is 0.243. The summed E-state index contributed by atoms with van der Waals surface area (Å²) in [5.74, 6) is 0.0917. The predicted octanol–water partition coefficient (Wildman–Crippen LogP) is 3.76. The quantitative estimate of drug-likeness (QED) is 0.311. The van der Waals surface area contributed by atoms with Crippen LogP contribution >= 0.6 is 15.9 Å². The van der Waals surface area contributed by atoms with Gasteiger partial charge < -0.3 is 9.94 Å². The highest BCUT2D eigenvalue weighted by Crippen LogP contribution is 2.20. The minimum atomic E-state index is -0.401. The number of aromatic nitrogens is 2.